The number of hydrogen-bond acceptors (Lipinski definition) is 5. The van der Waals surface area contributed by atoms with Gasteiger partial charge in [-0.1, -0.05) is 54.6 Å². The summed E-state index contributed by atoms with van der Waals surface area (Å²) in [5.41, 5.74) is 10.1. The summed E-state index contributed by atoms with van der Waals surface area (Å²) in [6, 6.07) is 23.2. The lowest BCUT2D eigenvalue weighted by molar-refractivity contribution is 1.53. The Balaban J connectivity index is 1.61. The van der Waals surface area contributed by atoms with E-state index in [9.17, 15) is 0 Å². The maximum Gasteiger partial charge on any atom is 0.132 e. The molecule has 0 saturated carbocycles. The van der Waals surface area contributed by atoms with Crippen LogP contribution >= 0.6 is 11.7 Å². The van der Waals surface area contributed by atoms with Gasteiger partial charge >= 0.3 is 0 Å². The zero-order valence-corrected chi connectivity index (χ0v) is 15.6. The average Bonchev–Trinajstić information content (AvgIpc) is 3.21. The van der Waals surface area contributed by atoms with Crippen LogP contribution < -0.4 is 5.73 Å². The van der Waals surface area contributed by atoms with E-state index in [-0.39, 0.29) is 0 Å². The normalized spacial score (nSPS) is 12.3. The second kappa shape index (κ2) is 5.71. The highest BCUT2D eigenvalue weighted by molar-refractivity contribution is 7.00. The zero-order valence-electron chi connectivity index (χ0n) is 14.8. The first kappa shape index (κ1) is 15.5. The van der Waals surface area contributed by atoms with Gasteiger partial charge in [-0.3, -0.25) is 4.99 Å². The van der Waals surface area contributed by atoms with E-state index < -0.39 is 0 Å². The highest BCUT2D eigenvalue weighted by Gasteiger charge is 2.11. The molecule has 0 aliphatic carbocycles. The topological polar surface area (TPSA) is 64.2 Å². The number of benzene rings is 5. The molecule has 5 aromatic carbocycles. The second-order valence-electron chi connectivity index (χ2n) is 6.90. The molecule has 0 atom stereocenters. The summed E-state index contributed by atoms with van der Waals surface area (Å²) in [6.45, 7) is 0. The molecule has 0 spiro atoms. The van der Waals surface area contributed by atoms with Crippen molar-refractivity contribution in [1.29, 1.82) is 0 Å². The van der Waals surface area contributed by atoms with Crippen molar-refractivity contribution < 1.29 is 0 Å². The lowest BCUT2D eigenvalue weighted by atomic mass is 9.92. The zero-order chi connectivity index (χ0) is 18.7. The van der Waals surface area contributed by atoms with Gasteiger partial charge in [-0.15, -0.1) is 0 Å². The van der Waals surface area contributed by atoms with E-state index in [2.05, 4.69) is 63.3 Å². The fourth-order valence-electron chi connectivity index (χ4n) is 3.99. The summed E-state index contributed by atoms with van der Waals surface area (Å²) in [7, 11) is 0. The minimum atomic E-state index is 0.606. The summed E-state index contributed by atoms with van der Waals surface area (Å²) in [6.07, 6.45) is 1.89. The number of nitrogens with zero attached hydrogens (tertiary/aromatic N) is 3. The van der Waals surface area contributed by atoms with Crippen LogP contribution in [0.2, 0.25) is 0 Å². The van der Waals surface area contributed by atoms with Crippen LogP contribution in [0, 0.1) is 0 Å². The van der Waals surface area contributed by atoms with Gasteiger partial charge in [0.15, 0.2) is 0 Å². The molecule has 132 valence electrons. The lowest BCUT2D eigenvalue weighted by Gasteiger charge is -2.12. The number of hydrogen-bond donors (Lipinski definition) is 1. The molecule has 0 bridgehead atoms. The summed E-state index contributed by atoms with van der Waals surface area (Å²) >= 11 is 1.18. The number of nitrogen functional groups attached to an aromatic ring is 1. The van der Waals surface area contributed by atoms with Gasteiger partial charge in [-0.05, 0) is 44.5 Å². The van der Waals surface area contributed by atoms with Crippen molar-refractivity contribution in [3.05, 3.63) is 72.3 Å². The van der Waals surface area contributed by atoms with Gasteiger partial charge in [0.2, 0.25) is 0 Å². The smallest absolute Gasteiger partial charge is 0.132 e. The van der Waals surface area contributed by atoms with Gasteiger partial charge < -0.3 is 5.73 Å². The van der Waals surface area contributed by atoms with Crippen LogP contribution in [0.4, 0.5) is 11.4 Å². The Morgan fingerprint density at radius 3 is 2.39 bits per heavy atom. The van der Waals surface area contributed by atoms with Gasteiger partial charge in [0, 0.05) is 11.8 Å². The molecule has 28 heavy (non-hydrogen) atoms. The van der Waals surface area contributed by atoms with Crippen molar-refractivity contribution in [3.63, 3.8) is 0 Å². The Morgan fingerprint density at radius 1 is 0.786 bits per heavy atom. The maximum atomic E-state index is 6.16. The molecule has 6 aromatic rings. The molecule has 1 aromatic heterocycles. The third kappa shape index (κ3) is 2.14. The Bertz CT molecular complexity index is 1510. The van der Waals surface area contributed by atoms with Gasteiger partial charge in [0.25, 0.3) is 0 Å². The summed E-state index contributed by atoms with van der Waals surface area (Å²) < 4.78 is 8.64. The van der Waals surface area contributed by atoms with Crippen molar-refractivity contribution >= 4 is 72.7 Å². The molecular weight excluding hydrogens is 364 g/mol. The Morgan fingerprint density at radius 2 is 1.54 bits per heavy atom. The molecule has 0 unspecified atom stereocenters. The predicted molar refractivity (Wildman–Crippen MR) is 119 cm³/mol. The quantitative estimate of drug-likeness (QED) is 0.231. The molecule has 2 N–H and O–H groups in total. The SMILES string of the molecule is Nc1ccc2nsnc2c1N=Cc1ccc2ccc3cccc4ccc1c2c34. The highest BCUT2D eigenvalue weighted by Crippen LogP contribution is 2.36. The van der Waals surface area contributed by atoms with E-state index in [0.29, 0.717) is 11.4 Å². The summed E-state index contributed by atoms with van der Waals surface area (Å²) in [4.78, 5) is 4.71. The number of rotatable bonds is 2. The molecular formula is C23H14N4S. The molecule has 5 heteroatoms. The first-order valence-corrected chi connectivity index (χ1v) is 9.74. The first-order valence-electron chi connectivity index (χ1n) is 9.01. The number of fused-ring (bicyclic) bond motifs is 1. The van der Waals surface area contributed by atoms with Gasteiger partial charge in [0.1, 0.15) is 16.7 Å². The number of aliphatic imine (C=N–C) groups is 1. The molecule has 1 heterocycles. The van der Waals surface area contributed by atoms with E-state index in [1.807, 2.05) is 18.3 Å². The number of nitrogens with two attached hydrogens (primary N) is 1. The Labute approximate surface area is 164 Å². The number of anilines is 1. The predicted octanol–water partition coefficient (Wildman–Crippen LogP) is 5.92. The summed E-state index contributed by atoms with van der Waals surface area (Å²) in [5.74, 6) is 0. The maximum absolute atomic E-state index is 6.16. The van der Waals surface area contributed by atoms with Crippen molar-refractivity contribution in [2.45, 2.75) is 0 Å². The Hall–Kier alpha value is -3.57. The minimum absolute atomic E-state index is 0.606. The van der Waals surface area contributed by atoms with Crippen molar-refractivity contribution in [3.8, 4) is 0 Å². The van der Waals surface area contributed by atoms with Gasteiger partial charge in [0.05, 0.1) is 17.4 Å². The van der Waals surface area contributed by atoms with Crippen molar-refractivity contribution in [2.24, 2.45) is 4.99 Å². The van der Waals surface area contributed by atoms with Gasteiger partial charge in [-0.25, -0.2) is 0 Å². The van der Waals surface area contributed by atoms with E-state index in [1.54, 1.807) is 0 Å². The molecule has 0 amide bonds. The minimum Gasteiger partial charge on any atom is -0.397 e. The lowest BCUT2D eigenvalue weighted by Crippen LogP contribution is -1.90. The van der Waals surface area contributed by atoms with Crippen LogP contribution in [0.15, 0.2) is 71.7 Å². The molecule has 0 fully saturated rings. The van der Waals surface area contributed by atoms with E-state index in [4.69, 9.17) is 10.7 Å². The number of aromatic nitrogens is 2. The third-order valence-corrected chi connectivity index (χ3v) is 5.87. The van der Waals surface area contributed by atoms with E-state index in [0.717, 1.165) is 16.6 Å². The monoisotopic (exact) mass is 378 g/mol. The highest BCUT2D eigenvalue weighted by atomic mass is 32.1. The van der Waals surface area contributed by atoms with Crippen LogP contribution in [0.25, 0.3) is 43.4 Å². The van der Waals surface area contributed by atoms with Crippen LogP contribution in [0.5, 0.6) is 0 Å². The standard InChI is InChI=1S/C23H14N4S/c24-18-10-11-19-23(27-28-26-19)22(18)25-12-16-7-6-15-5-4-13-2-1-3-14-8-9-17(16)21(15)20(13)14/h1-12H,24H2. The van der Waals surface area contributed by atoms with Crippen LogP contribution in [-0.4, -0.2) is 15.0 Å². The Kier molecular flexibility index (Phi) is 3.16. The molecule has 0 radical (unpaired) electrons. The third-order valence-electron chi connectivity index (χ3n) is 5.33. The molecule has 6 rings (SSSR count). The molecule has 4 nitrogen and oxygen atoms in total. The molecule has 0 aliphatic heterocycles. The fraction of sp³-hybridized carbons (Fsp3) is 0. The van der Waals surface area contributed by atoms with E-state index >= 15 is 0 Å². The first-order chi connectivity index (χ1) is 13.8. The average molecular weight is 378 g/mol. The van der Waals surface area contributed by atoms with Crippen LogP contribution in [0.1, 0.15) is 5.56 Å². The molecule has 0 aliphatic rings. The summed E-state index contributed by atoms with van der Waals surface area (Å²) in [5, 5.41) is 7.52. The van der Waals surface area contributed by atoms with Crippen LogP contribution in [0.3, 0.4) is 0 Å². The second-order valence-corrected chi connectivity index (χ2v) is 7.43. The molecule has 0 saturated heterocycles. The van der Waals surface area contributed by atoms with Crippen molar-refractivity contribution in [2.75, 3.05) is 5.73 Å². The van der Waals surface area contributed by atoms with Crippen LogP contribution in [-0.2, 0) is 0 Å². The largest absolute Gasteiger partial charge is 0.397 e. The van der Waals surface area contributed by atoms with Gasteiger partial charge in [-0.2, -0.15) is 8.75 Å². The fourth-order valence-corrected chi connectivity index (χ4v) is 4.53. The van der Waals surface area contributed by atoms with Crippen molar-refractivity contribution in [1.82, 2.24) is 8.75 Å². The van der Waals surface area contributed by atoms with E-state index in [1.165, 1.54) is 44.0 Å².